The van der Waals surface area contributed by atoms with Gasteiger partial charge in [-0.15, -0.1) is 0 Å². The molecule has 0 radical (unpaired) electrons. The molecule has 0 aliphatic carbocycles. The van der Waals surface area contributed by atoms with Crippen molar-refractivity contribution in [3.63, 3.8) is 0 Å². The lowest BCUT2D eigenvalue weighted by atomic mass is 10.1. The van der Waals surface area contributed by atoms with E-state index in [9.17, 15) is 0 Å². The van der Waals surface area contributed by atoms with Gasteiger partial charge >= 0.3 is 0 Å². The van der Waals surface area contributed by atoms with Crippen molar-refractivity contribution in [3.8, 4) is 5.75 Å². The first-order valence-electron chi connectivity index (χ1n) is 5.29. The fourth-order valence-electron chi connectivity index (χ4n) is 1.97. The number of methoxy groups -OCH3 is 1. The monoisotopic (exact) mass is 250 g/mol. The highest BCUT2D eigenvalue weighted by molar-refractivity contribution is 7.26. The highest BCUT2D eigenvalue weighted by Crippen LogP contribution is 2.26. The summed E-state index contributed by atoms with van der Waals surface area (Å²) < 4.78 is 5.37. The molecular weight excluding hydrogens is 236 g/mol. The van der Waals surface area contributed by atoms with Crippen molar-refractivity contribution < 1.29 is 4.74 Å². The van der Waals surface area contributed by atoms with Crippen molar-refractivity contribution in [2.75, 3.05) is 7.11 Å². The van der Waals surface area contributed by atoms with E-state index < -0.39 is 7.38 Å². The maximum absolute atomic E-state index is 6.53. The van der Waals surface area contributed by atoms with Crippen LogP contribution >= 0.6 is 11.1 Å². The zero-order chi connectivity index (χ0) is 11.8. The van der Waals surface area contributed by atoms with Crippen LogP contribution in [-0.2, 0) is 0 Å². The van der Waals surface area contributed by atoms with Crippen LogP contribution in [0.5, 0.6) is 5.75 Å². The van der Waals surface area contributed by atoms with Crippen LogP contribution in [0, 0.1) is 0 Å². The van der Waals surface area contributed by atoms with Gasteiger partial charge in [-0.25, -0.2) is 0 Å². The topological polar surface area (TPSA) is 9.23 Å². The molecule has 84 valence electrons. The number of halogens is 1. The van der Waals surface area contributed by atoms with Gasteiger partial charge in [-0.1, -0.05) is 43.4 Å². The maximum atomic E-state index is 6.53. The van der Waals surface area contributed by atoms with Crippen molar-refractivity contribution in [2.45, 2.75) is 13.1 Å². The molecule has 0 fully saturated rings. The average Bonchev–Trinajstić information content (AvgIpc) is 2.26. The second kappa shape index (κ2) is 4.11. The van der Waals surface area contributed by atoms with E-state index in [0.717, 1.165) is 11.1 Å². The third-order valence-electron chi connectivity index (χ3n) is 2.74. The van der Waals surface area contributed by atoms with Gasteiger partial charge in [0.15, 0.2) is 7.38 Å². The summed E-state index contributed by atoms with van der Waals surface area (Å²) in [5, 5.41) is 3.63. The van der Waals surface area contributed by atoms with Crippen molar-refractivity contribution in [1.29, 1.82) is 0 Å². The zero-order valence-electron chi connectivity index (χ0n) is 9.75. The Morgan fingerprint density at radius 3 is 2.19 bits per heavy atom. The van der Waals surface area contributed by atoms with Gasteiger partial charge in [-0.3, -0.25) is 0 Å². The summed E-state index contributed by atoms with van der Waals surface area (Å²) in [7, 11) is -0.118. The van der Waals surface area contributed by atoms with E-state index in [2.05, 4.69) is 31.3 Å². The molecule has 0 aliphatic rings. The Kier molecular flexibility index (Phi) is 2.95. The molecule has 0 N–H and O–H groups in total. The number of fused-ring (bicyclic) bond motifs is 1. The van der Waals surface area contributed by atoms with Crippen LogP contribution in [0.25, 0.3) is 10.8 Å². The molecule has 3 heteroatoms. The highest BCUT2D eigenvalue weighted by Gasteiger charge is 2.23. The number of ether oxygens (including phenoxy) is 1. The standard InChI is InChI=1S/C13H15ClOSi/c1-15-12-8-9-13(16(2,3)14)11-7-5-4-6-10(11)12/h4-9H,1-3H3. The summed E-state index contributed by atoms with van der Waals surface area (Å²) in [6, 6.07) is 12.4. The third-order valence-corrected chi connectivity index (χ3v) is 5.07. The Bertz CT molecular complexity index is 517. The molecule has 2 aromatic carbocycles. The molecule has 1 nitrogen and oxygen atoms in total. The molecular formula is C13H15ClOSi. The van der Waals surface area contributed by atoms with E-state index in [-0.39, 0.29) is 0 Å². The van der Waals surface area contributed by atoms with E-state index in [0.29, 0.717) is 0 Å². The average molecular weight is 251 g/mol. The van der Waals surface area contributed by atoms with Gasteiger partial charge < -0.3 is 4.74 Å². The van der Waals surface area contributed by atoms with Crippen LogP contribution in [0.3, 0.4) is 0 Å². The summed E-state index contributed by atoms with van der Waals surface area (Å²) in [5.41, 5.74) is 0. The van der Waals surface area contributed by atoms with Crippen LogP contribution in [0.2, 0.25) is 13.1 Å². The summed E-state index contributed by atoms with van der Waals surface area (Å²) in [4.78, 5) is 0. The van der Waals surface area contributed by atoms with Crippen LogP contribution in [0.15, 0.2) is 36.4 Å². The second-order valence-corrected chi connectivity index (χ2v) is 10.7. The molecule has 0 aromatic heterocycles. The highest BCUT2D eigenvalue weighted by atomic mass is 35.6. The Labute approximate surface area is 102 Å². The SMILES string of the molecule is COc1ccc([Si](C)(C)Cl)c2ccccc12. The first-order chi connectivity index (χ1) is 7.54. The molecule has 16 heavy (non-hydrogen) atoms. The Hall–Kier alpha value is -0.993. The van der Waals surface area contributed by atoms with Crippen molar-refractivity contribution >= 4 is 34.4 Å². The fraction of sp³-hybridized carbons (Fsp3) is 0.231. The van der Waals surface area contributed by atoms with Crippen molar-refractivity contribution in [2.24, 2.45) is 0 Å². The summed E-state index contributed by atoms with van der Waals surface area (Å²) >= 11 is 6.53. The fourth-order valence-corrected chi connectivity index (χ4v) is 3.80. The molecule has 0 saturated carbocycles. The lowest BCUT2D eigenvalue weighted by molar-refractivity contribution is 0.420. The van der Waals surface area contributed by atoms with Gasteiger partial charge in [0.2, 0.25) is 0 Å². The predicted octanol–water partition coefficient (Wildman–Crippen LogP) is 3.50. The zero-order valence-corrected chi connectivity index (χ0v) is 11.5. The number of rotatable bonds is 2. The molecule has 0 amide bonds. The summed E-state index contributed by atoms with van der Waals surface area (Å²) in [5.74, 6) is 0.911. The predicted molar refractivity (Wildman–Crippen MR) is 73.5 cm³/mol. The normalized spacial score (nSPS) is 11.8. The van der Waals surface area contributed by atoms with E-state index >= 15 is 0 Å². The first-order valence-corrected chi connectivity index (χ1v) is 9.30. The number of hydrogen-bond acceptors (Lipinski definition) is 1. The maximum Gasteiger partial charge on any atom is 0.181 e. The van der Waals surface area contributed by atoms with Crippen LogP contribution in [-0.4, -0.2) is 14.5 Å². The lowest BCUT2D eigenvalue weighted by Crippen LogP contribution is -2.35. The van der Waals surface area contributed by atoms with Crippen molar-refractivity contribution in [1.82, 2.24) is 0 Å². The van der Waals surface area contributed by atoms with Crippen LogP contribution in [0.4, 0.5) is 0 Å². The number of hydrogen-bond donors (Lipinski definition) is 0. The first kappa shape index (κ1) is 11.5. The quantitative estimate of drug-likeness (QED) is 0.586. The molecule has 2 rings (SSSR count). The molecule has 0 aliphatic heterocycles. The molecule has 0 bridgehead atoms. The van der Waals surface area contributed by atoms with E-state index in [1.54, 1.807) is 7.11 Å². The second-order valence-electron chi connectivity index (χ2n) is 4.33. The minimum absolute atomic E-state index is 0.911. The molecule has 0 saturated heterocycles. The van der Waals surface area contributed by atoms with E-state index in [1.807, 2.05) is 18.2 Å². The summed E-state index contributed by atoms with van der Waals surface area (Å²) in [6.45, 7) is 4.28. The van der Waals surface area contributed by atoms with Gasteiger partial charge in [0, 0.05) is 5.39 Å². The van der Waals surface area contributed by atoms with Crippen molar-refractivity contribution in [3.05, 3.63) is 36.4 Å². The van der Waals surface area contributed by atoms with Gasteiger partial charge in [-0.05, 0) is 16.6 Å². The lowest BCUT2D eigenvalue weighted by Gasteiger charge is -2.17. The minimum Gasteiger partial charge on any atom is -0.496 e. The number of benzene rings is 2. The van der Waals surface area contributed by atoms with E-state index in [4.69, 9.17) is 15.8 Å². The van der Waals surface area contributed by atoms with Gasteiger partial charge in [0.25, 0.3) is 0 Å². The van der Waals surface area contributed by atoms with E-state index in [1.165, 1.54) is 10.6 Å². The smallest absolute Gasteiger partial charge is 0.181 e. The Balaban J connectivity index is 2.80. The van der Waals surface area contributed by atoms with Crippen LogP contribution < -0.4 is 9.92 Å². The van der Waals surface area contributed by atoms with Gasteiger partial charge in [-0.2, -0.15) is 11.1 Å². The van der Waals surface area contributed by atoms with Gasteiger partial charge in [0.05, 0.1) is 7.11 Å². The molecule has 0 heterocycles. The molecule has 0 spiro atoms. The molecule has 0 atom stereocenters. The third kappa shape index (κ3) is 1.95. The summed E-state index contributed by atoms with van der Waals surface area (Å²) in [6.07, 6.45) is 0. The van der Waals surface area contributed by atoms with Gasteiger partial charge in [0.1, 0.15) is 5.75 Å². The molecule has 2 aromatic rings. The Morgan fingerprint density at radius 2 is 1.62 bits per heavy atom. The minimum atomic E-state index is -1.82. The Morgan fingerprint density at radius 1 is 1.00 bits per heavy atom. The largest absolute Gasteiger partial charge is 0.496 e. The van der Waals surface area contributed by atoms with Crippen LogP contribution in [0.1, 0.15) is 0 Å². The molecule has 0 unspecified atom stereocenters.